The Balaban J connectivity index is 2.36. The largest absolute Gasteiger partial charge is 0.369 e. The summed E-state index contributed by atoms with van der Waals surface area (Å²) >= 11 is 0. The summed E-state index contributed by atoms with van der Waals surface area (Å²) in [4.78, 5) is 8.62. The molecule has 0 radical (unpaired) electrons. The summed E-state index contributed by atoms with van der Waals surface area (Å²) in [6, 6.07) is 0. The molecule has 0 spiro atoms. The maximum atomic E-state index is 5.45. The number of aromatic nitrogens is 2. The van der Waals surface area contributed by atoms with Crippen molar-refractivity contribution in [3.8, 4) is 0 Å². The van der Waals surface area contributed by atoms with Gasteiger partial charge < -0.3 is 11.1 Å². The molecule has 1 aliphatic rings. The number of nitrogens with zero attached hydrogens (tertiary/aromatic N) is 2. The number of nitrogens with one attached hydrogen (secondary N) is 1. The van der Waals surface area contributed by atoms with Gasteiger partial charge >= 0.3 is 0 Å². The van der Waals surface area contributed by atoms with Gasteiger partial charge in [0.15, 0.2) is 0 Å². The lowest BCUT2D eigenvalue weighted by atomic mass is 10.2. The average molecular weight is 164 g/mol. The van der Waals surface area contributed by atoms with Crippen molar-refractivity contribution >= 4 is 5.82 Å². The first-order valence-corrected chi connectivity index (χ1v) is 4.19. The van der Waals surface area contributed by atoms with Gasteiger partial charge in [0.1, 0.15) is 5.82 Å². The molecule has 3 N–H and O–H groups in total. The van der Waals surface area contributed by atoms with Crippen LogP contribution in [0.3, 0.4) is 0 Å². The van der Waals surface area contributed by atoms with Crippen molar-refractivity contribution in [1.29, 1.82) is 0 Å². The van der Waals surface area contributed by atoms with E-state index in [9.17, 15) is 0 Å². The summed E-state index contributed by atoms with van der Waals surface area (Å²) < 4.78 is 0. The van der Waals surface area contributed by atoms with Crippen molar-refractivity contribution < 1.29 is 0 Å². The average Bonchev–Trinajstić information content (AvgIpc) is 2.17. The van der Waals surface area contributed by atoms with Crippen molar-refractivity contribution in [2.45, 2.75) is 19.4 Å². The second-order valence-corrected chi connectivity index (χ2v) is 2.89. The van der Waals surface area contributed by atoms with Crippen LogP contribution in [0.15, 0.2) is 6.20 Å². The molecular weight excluding hydrogens is 152 g/mol. The molecule has 0 saturated heterocycles. The summed E-state index contributed by atoms with van der Waals surface area (Å²) in [5.41, 5.74) is 7.37. The highest BCUT2D eigenvalue weighted by Gasteiger charge is 2.10. The third-order valence-electron chi connectivity index (χ3n) is 1.99. The zero-order valence-corrected chi connectivity index (χ0v) is 6.88. The third kappa shape index (κ3) is 1.25. The van der Waals surface area contributed by atoms with Crippen LogP contribution in [0.5, 0.6) is 0 Å². The first-order chi connectivity index (χ1) is 5.90. The number of anilines is 1. The summed E-state index contributed by atoms with van der Waals surface area (Å²) in [7, 11) is 0. The van der Waals surface area contributed by atoms with Crippen molar-refractivity contribution in [2.24, 2.45) is 5.73 Å². The Bertz CT molecular complexity index is 284. The van der Waals surface area contributed by atoms with E-state index in [1.165, 1.54) is 0 Å². The van der Waals surface area contributed by atoms with Crippen molar-refractivity contribution in [2.75, 3.05) is 11.9 Å². The summed E-state index contributed by atoms with van der Waals surface area (Å²) in [5.74, 6) is 0.921. The van der Waals surface area contributed by atoms with Crippen LogP contribution in [-0.2, 0) is 13.0 Å². The molecular formula is C8H12N4. The number of nitrogens with two attached hydrogens (primary N) is 1. The Morgan fingerprint density at radius 2 is 2.50 bits per heavy atom. The maximum Gasteiger partial charge on any atom is 0.148 e. The number of aryl methyl sites for hydroxylation is 1. The molecule has 4 heteroatoms. The van der Waals surface area contributed by atoms with Crippen LogP contribution in [0.1, 0.15) is 17.8 Å². The lowest BCUT2D eigenvalue weighted by Crippen LogP contribution is -2.16. The Hall–Kier alpha value is -1.16. The minimum absolute atomic E-state index is 0.460. The number of fused-ring (bicyclic) bond motifs is 1. The van der Waals surface area contributed by atoms with Crippen LogP contribution in [-0.4, -0.2) is 16.5 Å². The molecule has 0 aromatic carbocycles. The molecule has 0 saturated carbocycles. The van der Waals surface area contributed by atoms with Crippen LogP contribution in [0.25, 0.3) is 0 Å². The second-order valence-electron chi connectivity index (χ2n) is 2.89. The lowest BCUT2D eigenvalue weighted by Gasteiger charge is -2.15. The fraction of sp³-hybridized carbons (Fsp3) is 0.500. The van der Waals surface area contributed by atoms with Crippen molar-refractivity contribution in [3.05, 3.63) is 17.6 Å². The van der Waals surface area contributed by atoms with Crippen LogP contribution < -0.4 is 11.1 Å². The second kappa shape index (κ2) is 3.06. The molecule has 12 heavy (non-hydrogen) atoms. The molecule has 0 unspecified atom stereocenters. The monoisotopic (exact) mass is 164 g/mol. The van der Waals surface area contributed by atoms with E-state index in [1.807, 2.05) is 0 Å². The SMILES string of the molecule is NCc1cnc2c(n1)NCCC2. The minimum Gasteiger partial charge on any atom is -0.369 e. The zero-order valence-electron chi connectivity index (χ0n) is 6.88. The number of rotatable bonds is 1. The zero-order chi connectivity index (χ0) is 8.39. The highest BCUT2D eigenvalue weighted by Crippen LogP contribution is 2.16. The van der Waals surface area contributed by atoms with Gasteiger partial charge in [-0.3, -0.25) is 4.98 Å². The van der Waals surface area contributed by atoms with Crippen LogP contribution >= 0.6 is 0 Å². The molecule has 2 rings (SSSR count). The van der Waals surface area contributed by atoms with Crippen molar-refractivity contribution in [3.63, 3.8) is 0 Å². The minimum atomic E-state index is 0.460. The van der Waals surface area contributed by atoms with E-state index in [0.29, 0.717) is 6.54 Å². The van der Waals surface area contributed by atoms with E-state index in [-0.39, 0.29) is 0 Å². The fourth-order valence-electron chi connectivity index (χ4n) is 1.34. The molecule has 1 aromatic rings. The Kier molecular flexibility index (Phi) is 1.91. The predicted octanol–water partition coefficient (Wildman–Crippen LogP) is 0.293. The molecule has 0 aliphatic carbocycles. The standard InChI is InChI=1S/C8H12N4/c9-4-6-5-11-7-2-1-3-10-8(7)12-6/h5H,1-4,9H2,(H,10,12). The van der Waals surface area contributed by atoms with Crippen LogP contribution in [0.4, 0.5) is 5.82 Å². The van der Waals surface area contributed by atoms with Gasteiger partial charge in [-0.2, -0.15) is 0 Å². The highest BCUT2D eigenvalue weighted by molar-refractivity contribution is 5.42. The molecule has 1 aromatic heterocycles. The number of hydrogen-bond acceptors (Lipinski definition) is 4. The van der Waals surface area contributed by atoms with E-state index in [2.05, 4.69) is 15.3 Å². The van der Waals surface area contributed by atoms with E-state index < -0.39 is 0 Å². The van der Waals surface area contributed by atoms with Gasteiger partial charge in [0.05, 0.1) is 17.6 Å². The summed E-state index contributed by atoms with van der Waals surface area (Å²) in [6.07, 6.45) is 3.93. The normalized spacial score (nSPS) is 15.1. The quantitative estimate of drug-likeness (QED) is 0.626. The van der Waals surface area contributed by atoms with E-state index in [0.717, 1.165) is 36.6 Å². The molecule has 1 aliphatic heterocycles. The molecule has 0 fully saturated rings. The maximum absolute atomic E-state index is 5.45. The van der Waals surface area contributed by atoms with E-state index in [4.69, 9.17) is 5.73 Å². The van der Waals surface area contributed by atoms with E-state index >= 15 is 0 Å². The first-order valence-electron chi connectivity index (χ1n) is 4.19. The molecule has 0 bridgehead atoms. The van der Waals surface area contributed by atoms with Crippen LogP contribution in [0, 0.1) is 0 Å². The summed E-state index contributed by atoms with van der Waals surface area (Å²) in [5, 5.41) is 3.21. The smallest absolute Gasteiger partial charge is 0.148 e. The lowest BCUT2D eigenvalue weighted by molar-refractivity contribution is 0.776. The van der Waals surface area contributed by atoms with E-state index in [1.54, 1.807) is 6.20 Å². The third-order valence-corrected chi connectivity index (χ3v) is 1.99. The Morgan fingerprint density at radius 1 is 1.58 bits per heavy atom. The highest BCUT2D eigenvalue weighted by atomic mass is 15.0. The fourth-order valence-corrected chi connectivity index (χ4v) is 1.34. The van der Waals surface area contributed by atoms with Gasteiger partial charge in [0, 0.05) is 13.1 Å². The van der Waals surface area contributed by atoms with Gasteiger partial charge in [-0.15, -0.1) is 0 Å². The Labute approximate surface area is 71.2 Å². The molecule has 4 nitrogen and oxygen atoms in total. The molecule has 0 atom stereocenters. The van der Waals surface area contributed by atoms with Crippen molar-refractivity contribution in [1.82, 2.24) is 9.97 Å². The predicted molar refractivity (Wildman–Crippen MR) is 46.7 cm³/mol. The van der Waals surface area contributed by atoms with Crippen LogP contribution in [0.2, 0.25) is 0 Å². The summed E-state index contributed by atoms with van der Waals surface area (Å²) in [6.45, 7) is 1.46. The first kappa shape index (κ1) is 7.49. The Morgan fingerprint density at radius 3 is 3.33 bits per heavy atom. The van der Waals surface area contributed by atoms with Gasteiger partial charge in [-0.05, 0) is 12.8 Å². The van der Waals surface area contributed by atoms with Gasteiger partial charge in [-0.1, -0.05) is 0 Å². The molecule has 2 heterocycles. The van der Waals surface area contributed by atoms with Gasteiger partial charge in [-0.25, -0.2) is 4.98 Å². The molecule has 64 valence electrons. The molecule has 0 amide bonds. The van der Waals surface area contributed by atoms with Gasteiger partial charge in [0.2, 0.25) is 0 Å². The topological polar surface area (TPSA) is 63.8 Å². The van der Waals surface area contributed by atoms with Gasteiger partial charge in [0.25, 0.3) is 0 Å². The number of hydrogen-bond donors (Lipinski definition) is 2.